The molecule has 1 aromatic rings. The molecule has 5 heteroatoms. The smallest absolute Gasteiger partial charge is 0.440 e. The van der Waals surface area contributed by atoms with E-state index < -0.39 is 0 Å². The van der Waals surface area contributed by atoms with Gasteiger partial charge in [-0.25, -0.2) is 0 Å². The van der Waals surface area contributed by atoms with E-state index in [-0.39, 0.29) is 11.6 Å². The normalized spacial score (nSPS) is 11.6. The van der Waals surface area contributed by atoms with Crippen LogP contribution in [-0.4, -0.2) is 12.2 Å². The molecule has 0 radical (unpaired) electrons. The maximum Gasteiger partial charge on any atom is 0.440 e. The van der Waals surface area contributed by atoms with Gasteiger partial charge in [-0.2, -0.15) is 0 Å². The Hall–Kier alpha value is -1.73. The fourth-order valence-electron chi connectivity index (χ4n) is 1.59. The largest absolute Gasteiger partial charge is 0.475 e. The summed E-state index contributed by atoms with van der Waals surface area (Å²) in [4.78, 5) is 3.00. The first-order chi connectivity index (χ1) is 8.67. The summed E-state index contributed by atoms with van der Waals surface area (Å²) in [5, 5.41) is 18.7. The van der Waals surface area contributed by atoms with E-state index in [1.165, 1.54) is 12.7 Å². The molecule has 0 aliphatic carbocycles. The van der Waals surface area contributed by atoms with Gasteiger partial charge in [-0.05, 0) is 37.0 Å². The lowest BCUT2D eigenvalue weighted by atomic mass is 10.1. The minimum absolute atomic E-state index is 0.175. The van der Waals surface area contributed by atoms with Crippen LogP contribution in [0.25, 0.3) is 4.98 Å². The van der Waals surface area contributed by atoms with E-state index in [0.29, 0.717) is 6.42 Å². The van der Waals surface area contributed by atoms with Crippen LogP contribution in [0.4, 0.5) is 0 Å². The van der Waals surface area contributed by atoms with Crippen molar-refractivity contribution in [2.75, 3.05) is 7.11 Å². The summed E-state index contributed by atoms with van der Waals surface area (Å²) in [5.41, 5.74) is 1.38. The lowest BCUT2D eigenvalue weighted by molar-refractivity contribution is 0.131. The molecule has 4 nitrogen and oxygen atoms in total. The molecular formula is C13H16ClN2O2+. The topological polar surface area (TPSA) is 57.6 Å². The fraction of sp³-hybridized carbons (Fsp3) is 0.385. The molecule has 0 fully saturated rings. The van der Waals surface area contributed by atoms with Crippen molar-refractivity contribution < 1.29 is 9.84 Å². The monoisotopic (exact) mass is 267 g/mol. The van der Waals surface area contributed by atoms with Crippen LogP contribution in [0.2, 0.25) is 5.02 Å². The molecule has 0 aromatic heterocycles. The second kappa shape index (κ2) is 7.57. The Balaban J connectivity index is 2.35. The number of diazo groups is 1. The van der Waals surface area contributed by atoms with E-state index in [9.17, 15) is 5.11 Å². The number of benzene rings is 1. The summed E-state index contributed by atoms with van der Waals surface area (Å²) >= 11 is 5.80. The van der Waals surface area contributed by atoms with Gasteiger partial charge >= 0.3 is 11.6 Å². The quantitative estimate of drug-likeness (QED) is 0.475. The first-order valence-electron chi connectivity index (χ1n) is 5.73. The number of rotatable bonds is 6. The number of allylic oxidation sites excluding steroid dienone is 1. The lowest BCUT2D eigenvalue weighted by Gasteiger charge is -2.00. The zero-order valence-corrected chi connectivity index (χ0v) is 11.0. The molecule has 0 aliphatic heterocycles. The van der Waals surface area contributed by atoms with Gasteiger partial charge in [-0.3, -0.25) is 0 Å². The number of aliphatic hydroxyl groups excluding tert-OH is 1. The molecule has 0 spiro atoms. The van der Waals surface area contributed by atoms with Gasteiger partial charge in [-0.1, -0.05) is 23.7 Å². The number of hydrogen-bond acceptors (Lipinski definition) is 3. The Bertz CT molecular complexity index is 449. The second-order valence-electron chi connectivity index (χ2n) is 3.89. The van der Waals surface area contributed by atoms with Crippen molar-refractivity contribution >= 4 is 11.6 Å². The van der Waals surface area contributed by atoms with Crippen molar-refractivity contribution in [3.8, 4) is 0 Å². The Kier molecular flexibility index (Phi) is 6.03. The molecule has 0 atom stereocenters. The minimum Gasteiger partial charge on any atom is -0.475 e. The van der Waals surface area contributed by atoms with Crippen LogP contribution in [0.3, 0.4) is 0 Å². The van der Waals surface area contributed by atoms with Crippen molar-refractivity contribution in [1.29, 1.82) is 5.39 Å². The zero-order chi connectivity index (χ0) is 13.4. The molecule has 0 heterocycles. The van der Waals surface area contributed by atoms with Crippen molar-refractivity contribution in [2.45, 2.75) is 25.7 Å². The van der Waals surface area contributed by atoms with Crippen molar-refractivity contribution in [2.24, 2.45) is 0 Å². The van der Waals surface area contributed by atoms with Gasteiger partial charge in [0.1, 0.15) is 0 Å². The highest BCUT2D eigenvalue weighted by atomic mass is 35.5. The Morgan fingerprint density at radius 3 is 2.56 bits per heavy atom. The van der Waals surface area contributed by atoms with Crippen molar-refractivity contribution in [3.63, 3.8) is 0 Å². The van der Waals surface area contributed by atoms with Crippen LogP contribution in [0.5, 0.6) is 0 Å². The highest BCUT2D eigenvalue weighted by molar-refractivity contribution is 6.30. The number of nitrogens with zero attached hydrogens (tertiary/aromatic N) is 2. The molecule has 18 heavy (non-hydrogen) atoms. The van der Waals surface area contributed by atoms with Crippen molar-refractivity contribution in [1.82, 2.24) is 0 Å². The average Bonchev–Trinajstić information content (AvgIpc) is 2.40. The van der Waals surface area contributed by atoms with E-state index in [1.54, 1.807) is 0 Å². The zero-order valence-electron chi connectivity index (χ0n) is 10.3. The number of hydrogen-bond donors (Lipinski definition) is 1. The summed E-state index contributed by atoms with van der Waals surface area (Å²) in [6.45, 7) is 0. The van der Waals surface area contributed by atoms with Crippen LogP contribution in [0.1, 0.15) is 24.8 Å². The Morgan fingerprint density at radius 2 is 2.00 bits per heavy atom. The van der Waals surface area contributed by atoms with E-state index in [4.69, 9.17) is 17.0 Å². The molecule has 0 saturated heterocycles. The minimum atomic E-state index is -0.330. The van der Waals surface area contributed by atoms with E-state index in [1.807, 2.05) is 24.3 Å². The third-order valence-electron chi connectivity index (χ3n) is 2.60. The van der Waals surface area contributed by atoms with Gasteiger partial charge < -0.3 is 9.84 Å². The molecule has 1 rings (SSSR count). The third-order valence-corrected chi connectivity index (χ3v) is 2.86. The van der Waals surface area contributed by atoms with Gasteiger partial charge in [0.15, 0.2) is 4.98 Å². The predicted octanol–water partition coefficient (Wildman–Crippen LogP) is 4.28. The molecule has 96 valence electrons. The van der Waals surface area contributed by atoms with Crippen LogP contribution in [0.15, 0.2) is 35.9 Å². The molecule has 1 N–H and O–H groups in total. The summed E-state index contributed by atoms with van der Waals surface area (Å²) in [6, 6.07) is 7.70. The predicted molar refractivity (Wildman–Crippen MR) is 70.8 cm³/mol. The average molecular weight is 268 g/mol. The molecule has 0 unspecified atom stereocenters. The molecule has 0 saturated carbocycles. The number of ether oxygens (including phenoxy) is 1. The molecule has 0 aliphatic rings. The van der Waals surface area contributed by atoms with Gasteiger partial charge in [-0.15, -0.1) is 0 Å². The van der Waals surface area contributed by atoms with E-state index in [0.717, 1.165) is 24.3 Å². The summed E-state index contributed by atoms with van der Waals surface area (Å²) in [6.07, 6.45) is 3.13. The van der Waals surface area contributed by atoms with Crippen molar-refractivity contribution in [3.05, 3.63) is 51.5 Å². The number of aliphatic hydroxyl groups is 1. The van der Waals surface area contributed by atoms with Gasteiger partial charge in [0.2, 0.25) is 5.39 Å². The Morgan fingerprint density at radius 1 is 1.33 bits per heavy atom. The van der Waals surface area contributed by atoms with E-state index in [2.05, 4.69) is 9.71 Å². The van der Waals surface area contributed by atoms with Crippen LogP contribution in [0, 0.1) is 5.39 Å². The Labute approximate surface area is 111 Å². The number of methoxy groups -OCH3 is 1. The second-order valence-corrected chi connectivity index (χ2v) is 4.33. The first kappa shape index (κ1) is 14.3. The molecule has 1 aromatic carbocycles. The van der Waals surface area contributed by atoms with Crippen LogP contribution in [-0.2, 0) is 11.2 Å². The molecular weight excluding hydrogens is 252 g/mol. The highest BCUT2D eigenvalue weighted by Crippen LogP contribution is 2.16. The first-order valence-corrected chi connectivity index (χ1v) is 6.11. The maximum absolute atomic E-state index is 9.25. The number of unbranched alkanes of at least 4 members (excludes halogenated alkanes) is 1. The molecule has 0 bridgehead atoms. The standard InChI is InChI=1S/C13H15ClN2O2/c1-18-13(17)12(16-15)5-3-2-4-10-6-8-11(14)9-7-10/h6-9H,2-5H2,1H3/p+1/b13-12-. The summed E-state index contributed by atoms with van der Waals surface area (Å²) in [7, 11) is 1.33. The van der Waals surface area contributed by atoms with E-state index >= 15 is 0 Å². The fourth-order valence-corrected chi connectivity index (χ4v) is 1.72. The number of halogens is 1. The summed E-state index contributed by atoms with van der Waals surface area (Å²) < 4.78 is 4.60. The van der Waals surface area contributed by atoms with Gasteiger partial charge in [0, 0.05) is 5.02 Å². The summed E-state index contributed by atoms with van der Waals surface area (Å²) in [5.74, 6) is -0.330. The molecule has 0 amide bonds. The number of aryl methyl sites for hydroxylation is 1. The lowest BCUT2D eigenvalue weighted by Crippen LogP contribution is -1.92. The maximum atomic E-state index is 9.25. The van der Waals surface area contributed by atoms with Crippen LogP contribution >= 0.6 is 11.6 Å². The van der Waals surface area contributed by atoms with Crippen LogP contribution < -0.4 is 0 Å². The third kappa shape index (κ3) is 4.64. The van der Waals surface area contributed by atoms with Gasteiger partial charge in [0.25, 0.3) is 0 Å². The SMILES string of the molecule is CO/C(O)=C(/CCCCc1ccc(Cl)cc1)[N+]#N. The van der Waals surface area contributed by atoms with Gasteiger partial charge in [0.05, 0.1) is 13.5 Å². The highest BCUT2D eigenvalue weighted by Gasteiger charge is 2.18.